The Morgan fingerprint density at radius 2 is 1.81 bits per heavy atom. The predicted octanol–water partition coefficient (Wildman–Crippen LogP) is -0.376. The Morgan fingerprint density at radius 1 is 1.19 bits per heavy atom. The Kier molecular flexibility index (Phi) is 6.38. The first-order valence-corrected chi connectivity index (χ1v) is 6.37. The Morgan fingerprint density at radius 3 is 2.33 bits per heavy atom. The van der Waals surface area contributed by atoms with Gasteiger partial charge in [-0.15, -0.1) is 0 Å². The quantitative estimate of drug-likeness (QED) is 0.671. The summed E-state index contributed by atoms with van der Waals surface area (Å²) in [5.41, 5.74) is 0.866. The standard InChI is InChI=1S/C13H16BFN2O4/c14-13(21)17(8-12(19)20)7-11(18)16-6-5-9-1-3-10(15)4-2-9/h1-4H,5-8,14H2,(H,16,18)(H,19,20). The van der Waals surface area contributed by atoms with Gasteiger partial charge in [0.25, 0.3) is 0 Å². The number of nitrogens with zero attached hydrogens (tertiary/aromatic N) is 1. The van der Waals surface area contributed by atoms with Gasteiger partial charge in [-0.1, -0.05) is 12.1 Å². The molecule has 0 saturated carbocycles. The molecule has 0 aliphatic carbocycles. The third kappa shape index (κ3) is 6.55. The molecule has 21 heavy (non-hydrogen) atoms. The second-order valence-electron chi connectivity index (χ2n) is 4.50. The van der Waals surface area contributed by atoms with Crippen LogP contribution in [0, 0.1) is 5.82 Å². The lowest BCUT2D eigenvalue weighted by atomic mass is 10.1. The van der Waals surface area contributed by atoms with Gasteiger partial charge in [0, 0.05) is 6.54 Å². The maximum absolute atomic E-state index is 12.7. The summed E-state index contributed by atoms with van der Waals surface area (Å²) in [6.07, 6.45) is 0.519. The van der Waals surface area contributed by atoms with Crippen molar-refractivity contribution >= 4 is 25.5 Å². The first kappa shape index (κ1) is 16.7. The van der Waals surface area contributed by atoms with Crippen molar-refractivity contribution in [3.05, 3.63) is 35.6 Å². The summed E-state index contributed by atoms with van der Waals surface area (Å²) in [5, 5.41) is 11.2. The Hall–Kier alpha value is -2.38. The van der Waals surface area contributed by atoms with Crippen LogP contribution in [0.3, 0.4) is 0 Å². The summed E-state index contributed by atoms with van der Waals surface area (Å²) in [6.45, 7) is -0.491. The van der Waals surface area contributed by atoms with Gasteiger partial charge in [0.15, 0.2) is 5.81 Å². The highest BCUT2D eigenvalue weighted by atomic mass is 19.1. The molecule has 0 heterocycles. The van der Waals surface area contributed by atoms with Crippen molar-refractivity contribution in [1.82, 2.24) is 10.2 Å². The summed E-state index contributed by atoms with van der Waals surface area (Å²) >= 11 is 0. The fourth-order valence-corrected chi connectivity index (χ4v) is 1.67. The highest BCUT2D eigenvalue weighted by Crippen LogP contribution is 2.02. The van der Waals surface area contributed by atoms with E-state index >= 15 is 0 Å². The molecule has 1 rings (SSSR count). The third-order valence-electron chi connectivity index (χ3n) is 2.76. The molecule has 2 amide bonds. The lowest BCUT2D eigenvalue weighted by molar-refractivity contribution is -0.137. The zero-order valence-corrected chi connectivity index (χ0v) is 11.6. The van der Waals surface area contributed by atoms with E-state index < -0.39 is 24.2 Å². The molecule has 0 aliphatic rings. The van der Waals surface area contributed by atoms with Gasteiger partial charge in [-0.25, -0.2) is 4.39 Å². The molecule has 0 aliphatic heterocycles. The van der Waals surface area contributed by atoms with Crippen LogP contribution in [0.15, 0.2) is 24.3 Å². The largest absolute Gasteiger partial charge is 0.480 e. The first-order valence-electron chi connectivity index (χ1n) is 6.37. The molecule has 0 radical (unpaired) electrons. The van der Waals surface area contributed by atoms with Crippen LogP contribution in [0.2, 0.25) is 0 Å². The number of amides is 2. The Labute approximate surface area is 122 Å². The minimum Gasteiger partial charge on any atom is -0.480 e. The molecule has 0 fully saturated rings. The highest BCUT2D eigenvalue weighted by molar-refractivity contribution is 6.57. The Balaban J connectivity index is 2.37. The van der Waals surface area contributed by atoms with Crippen molar-refractivity contribution in [1.29, 1.82) is 0 Å². The van der Waals surface area contributed by atoms with E-state index in [-0.39, 0.29) is 12.4 Å². The normalized spacial score (nSPS) is 9.95. The molecular formula is C13H16BFN2O4. The minimum absolute atomic E-state index is 0.301. The summed E-state index contributed by atoms with van der Waals surface area (Å²) in [5.74, 6) is -2.42. The minimum atomic E-state index is -1.18. The van der Waals surface area contributed by atoms with Crippen molar-refractivity contribution in [3.63, 3.8) is 0 Å². The van der Waals surface area contributed by atoms with Crippen LogP contribution in [-0.4, -0.2) is 55.2 Å². The molecule has 0 saturated heterocycles. The van der Waals surface area contributed by atoms with E-state index in [2.05, 4.69) is 5.32 Å². The van der Waals surface area contributed by atoms with Crippen LogP contribution < -0.4 is 5.32 Å². The van der Waals surface area contributed by atoms with E-state index in [1.165, 1.54) is 20.0 Å². The number of hydrogen-bond acceptors (Lipinski definition) is 3. The van der Waals surface area contributed by atoms with Gasteiger partial charge in [-0.3, -0.25) is 14.4 Å². The Bertz CT molecular complexity index is 521. The van der Waals surface area contributed by atoms with Gasteiger partial charge in [-0.2, -0.15) is 0 Å². The smallest absolute Gasteiger partial charge is 0.323 e. The number of aliphatic carboxylic acids is 1. The fraction of sp³-hybridized carbons (Fsp3) is 0.308. The zero-order chi connectivity index (χ0) is 15.8. The number of nitrogens with one attached hydrogen (secondary N) is 1. The number of carbonyl (C=O) groups excluding carboxylic acids is 2. The average Bonchev–Trinajstić information content (AvgIpc) is 2.39. The van der Waals surface area contributed by atoms with E-state index in [0.29, 0.717) is 13.0 Å². The van der Waals surface area contributed by atoms with Gasteiger partial charge in [-0.05, 0) is 24.1 Å². The third-order valence-corrected chi connectivity index (χ3v) is 2.76. The first-order chi connectivity index (χ1) is 9.88. The van der Waals surface area contributed by atoms with Crippen LogP contribution in [0.1, 0.15) is 5.56 Å². The monoisotopic (exact) mass is 294 g/mol. The molecule has 0 spiro atoms. The van der Waals surface area contributed by atoms with E-state index in [4.69, 9.17) is 5.11 Å². The maximum atomic E-state index is 12.7. The molecule has 0 aromatic heterocycles. The van der Waals surface area contributed by atoms with E-state index in [0.717, 1.165) is 10.5 Å². The molecule has 0 unspecified atom stereocenters. The lowest BCUT2D eigenvalue weighted by Gasteiger charge is -2.18. The number of carbonyl (C=O) groups is 3. The number of hydrogen-bond donors (Lipinski definition) is 2. The highest BCUT2D eigenvalue weighted by Gasteiger charge is 2.15. The van der Waals surface area contributed by atoms with E-state index in [1.807, 2.05) is 0 Å². The summed E-state index contributed by atoms with van der Waals surface area (Å²) in [4.78, 5) is 34.3. The van der Waals surface area contributed by atoms with Crippen molar-refractivity contribution in [3.8, 4) is 0 Å². The molecule has 0 atom stereocenters. The lowest BCUT2D eigenvalue weighted by Crippen LogP contribution is -2.43. The molecular weight excluding hydrogens is 278 g/mol. The second kappa shape index (κ2) is 8.03. The average molecular weight is 294 g/mol. The molecule has 2 N–H and O–H groups in total. The van der Waals surface area contributed by atoms with Crippen molar-refractivity contribution in [2.75, 3.05) is 19.6 Å². The molecule has 6 nitrogen and oxygen atoms in total. The SMILES string of the molecule is BC(=O)N(CC(=O)O)CC(=O)NCCc1ccc(F)cc1. The molecule has 1 aromatic rings. The van der Waals surface area contributed by atoms with Crippen LogP contribution in [-0.2, 0) is 16.0 Å². The fourth-order valence-electron chi connectivity index (χ4n) is 1.67. The number of benzene rings is 1. The van der Waals surface area contributed by atoms with Crippen LogP contribution in [0.5, 0.6) is 0 Å². The molecule has 8 heteroatoms. The van der Waals surface area contributed by atoms with Gasteiger partial charge >= 0.3 is 5.97 Å². The van der Waals surface area contributed by atoms with E-state index in [9.17, 15) is 18.8 Å². The molecule has 1 aromatic carbocycles. The summed E-state index contributed by atoms with van der Waals surface area (Å²) in [6, 6.07) is 5.91. The zero-order valence-electron chi connectivity index (χ0n) is 11.6. The number of rotatable bonds is 7. The van der Waals surface area contributed by atoms with Crippen molar-refractivity contribution in [2.24, 2.45) is 0 Å². The van der Waals surface area contributed by atoms with Crippen molar-refractivity contribution in [2.45, 2.75) is 6.42 Å². The van der Waals surface area contributed by atoms with Gasteiger partial charge in [0.1, 0.15) is 12.4 Å². The summed E-state index contributed by atoms with van der Waals surface area (Å²) < 4.78 is 12.7. The van der Waals surface area contributed by atoms with Crippen molar-refractivity contribution < 1.29 is 23.9 Å². The molecule has 112 valence electrons. The van der Waals surface area contributed by atoms with Gasteiger partial charge in [0.05, 0.1) is 6.54 Å². The van der Waals surface area contributed by atoms with Gasteiger partial charge < -0.3 is 15.3 Å². The number of halogens is 1. The predicted molar refractivity (Wildman–Crippen MR) is 76.3 cm³/mol. The summed E-state index contributed by atoms with van der Waals surface area (Å²) in [7, 11) is 1.20. The number of carboxylic acid groups (broad SMARTS) is 1. The van der Waals surface area contributed by atoms with Gasteiger partial charge in [0.2, 0.25) is 13.8 Å². The van der Waals surface area contributed by atoms with Crippen LogP contribution in [0.4, 0.5) is 9.18 Å². The number of carboxylic acids is 1. The van der Waals surface area contributed by atoms with E-state index in [1.54, 1.807) is 12.1 Å². The topological polar surface area (TPSA) is 86.7 Å². The molecule has 0 bridgehead atoms. The van der Waals surface area contributed by atoms with Crippen LogP contribution >= 0.6 is 0 Å². The maximum Gasteiger partial charge on any atom is 0.323 e. The van der Waals surface area contributed by atoms with Crippen LogP contribution in [0.25, 0.3) is 0 Å². The second-order valence-corrected chi connectivity index (χ2v) is 4.50.